The summed E-state index contributed by atoms with van der Waals surface area (Å²) in [5.74, 6) is -0.0187. The van der Waals surface area contributed by atoms with Crippen LogP contribution in [0, 0.1) is 0 Å². The molecule has 0 unspecified atom stereocenters. The van der Waals surface area contributed by atoms with E-state index < -0.39 is 0 Å². The first-order valence-electron chi connectivity index (χ1n) is 7.12. The molecule has 1 aromatic rings. The van der Waals surface area contributed by atoms with Gasteiger partial charge in [-0.3, -0.25) is 4.79 Å². The number of carbonyl (C=O) groups is 1. The summed E-state index contributed by atoms with van der Waals surface area (Å²) in [6.07, 6.45) is 5.25. The molecule has 2 rings (SSSR count). The number of nitrogens with two attached hydrogens (primary N) is 1. The predicted molar refractivity (Wildman–Crippen MR) is 85.3 cm³/mol. The van der Waals surface area contributed by atoms with Crippen LogP contribution in [0.4, 0.5) is 5.69 Å². The van der Waals surface area contributed by atoms with Gasteiger partial charge in [0.25, 0.3) is 5.91 Å². The van der Waals surface area contributed by atoms with Crippen molar-refractivity contribution in [2.75, 3.05) is 31.9 Å². The molecule has 0 saturated carbocycles. The molecule has 1 aliphatic rings. The van der Waals surface area contributed by atoms with Crippen LogP contribution in [0.3, 0.4) is 0 Å². The molecule has 1 aliphatic heterocycles. The Hall–Kier alpha value is -1.26. The molecule has 4 nitrogen and oxygen atoms in total. The van der Waals surface area contributed by atoms with E-state index >= 15 is 0 Å². The molecule has 0 radical (unpaired) electrons. The number of amides is 1. The van der Waals surface area contributed by atoms with Crippen molar-refractivity contribution in [3.63, 3.8) is 0 Å². The van der Waals surface area contributed by atoms with Gasteiger partial charge in [0, 0.05) is 24.3 Å². The van der Waals surface area contributed by atoms with E-state index in [9.17, 15) is 4.79 Å². The number of hydrogen-bond acceptors (Lipinski definition) is 3. The van der Waals surface area contributed by atoms with Crippen LogP contribution in [0.1, 0.15) is 36.0 Å². The molecule has 0 spiro atoms. The Morgan fingerprint density at radius 1 is 1.10 bits per heavy atom. The Labute approximate surface area is 127 Å². The average molecular weight is 298 g/mol. The monoisotopic (exact) mass is 297 g/mol. The summed E-state index contributed by atoms with van der Waals surface area (Å²) in [4.78, 5) is 14.3. The highest BCUT2D eigenvalue weighted by Gasteiger charge is 2.09. The van der Waals surface area contributed by atoms with E-state index in [2.05, 4.69) is 10.2 Å². The standard InChI is InChI=1S/C15H23N3O.ClH/c16-14-7-5-13(6-8-14)15(19)17-9-12-18-10-3-1-2-4-11-18;/h5-8H,1-4,9-12,16H2,(H,17,19);1H. The fraction of sp³-hybridized carbons (Fsp3) is 0.533. The molecule has 0 aromatic heterocycles. The van der Waals surface area contributed by atoms with Crippen LogP contribution in [0.2, 0.25) is 0 Å². The molecule has 1 aromatic carbocycles. The number of carbonyl (C=O) groups excluding carboxylic acids is 1. The summed E-state index contributed by atoms with van der Waals surface area (Å²) < 4.78 is 0. The fourth-order valence-electron chi connectivity index (χ4n) is 2.42. The second-order valence-corrected chi connectivity index (χ2v) is 5.13. The largest absolute Gasteiger partial charge is 0.399 e. The first kappa shape index (κ1) is 16.8. The van der Waals surface area contributed by atoms with Gasteiger partial charge in [-0.2, -0.15) is 0 Å². The van der Waals surface area contributed by atoms with E-state index in [1.54, 1.807) is 24.3 Å². The van der Waals surface area contributed by atoms with Crippen LogP contribution in [0.25, 0.3) is 0 Å². The van der Waals surface area contributed by atoms with Crippen LogP contribution >= 0.6 is 12.4 Å². The molecule has 3 N–H and O–H groups in total. The third-order valence-corrected chi connectivity index (χ3v) is 3.59. The summed E-state index contributed by atoms with van der Waals surface area (Å²) in [6.45, 7) is 3.99. The minimum atomic E-state index is -0.0187. The van der Waals surface area contributed by atoms with Gasteiger partial charge in [-0.15, -0.1) is 12.4 Å². The van der Waals surface area contributed by atoms with Crippen molar-refractivity contribution in [3.8, 4) is 0 Å². The van der Waals surface area contributed by atoms with Crippen LogP contribution in [-0.4, -0.2) is 37.0 Å². The van der Waals surface area contributed by atoms with E-state index in [-0.39, 0.29) is 18.3 Å². The third kappa shape index (κ3) is 5.39. The lowest BCUT2D eigenvalue weighted by Crippen LogP contribution is -2.35. The van der Waals surface area contributed by atoms with Gasteiger partial charge in [0.2, 0.25) is 0 Å². The lowest BCUT2D eigenvalue weighted by molar-refractivity contribution is 0.0948. The van der Waals surface area contributed by atoms with Crippen LogP contribution in [-0.2, 0) is 0 Å². The molecule has 5 heteroatoms. The van der Waals surface area contributed by atoms with Crippen LogP contribution < -0.4 is 11.1 Å². The second-order valence-electron chi connectivity index (χ2n) is 5.13. The molecule has 0 atom stereocenters. The molecule has 0 aliphatic carbocycles. The summed E-state index contributed by atoms with van der Waals surface area (Å²) in [6, 6.07) is 7.03. The van der Waals surface area contributed by atoms with Crippen molar-refractivity contribution in [1.29, 1.82) is 0 Å². The number of rotatable bonds is 4. The van der Waals surface area contributed by atoms with Gasteiger partial charge in [0.05, 0.1) is 0 Å². The second kappa shape index (κ2) is 8.82. The maximum Gasteiger partial charge on any atom is 0.251 e. The van der Waals surface area contributed by atoms with Crippen LogP contribution in [0.15, 0.2) is 24.3 Å². The molecule has 112 valence electrons. The normalized spacial score (nSPS) is 16.0. The molecule has 1 amide bonds. The lowest BCUT2D eigenvalue weighted by Gasteiger charge is -2.19. The van der Waals surface area contributed by atoms with Crippen molar-refractivity contribution in [2.24, 2.45) is 0 Å². The molecule has 1 heterocycles. The zero-order valence-electron chi connectivity index (χ0n) is 11.8. The van der Waals surface area contributed by atoms with E-state index in [0.29, 0.717) is 17.8 Å². The zero-order chi connectivity index (χ0) is 13.5. The molecular formula is C15H24ClN3O. The quantitative estimate of drug-likeness (QED) is 0.839. The highest BCUT2D eigenvalue weighted by atomic mass is 35.5. The fourth-order valence-corrected chi connectivity index (χ4v) is 2.42. The molecule has 1 saturated heterocycles. The summed E-state index contributed by atoms with van der Waals surface area (Å²) in [5.41, 5.74) is 6.95. The van der Waals surface area contributed by atoms with Gasteiger partial charge in [0.1, 0.15) is 0 Å². The Balaban J connectivity index is 0.00000200. The van der Waals surface area contributed by atoms with Gasteiger partial charge in [-0.05, 0) is 50.2 Å². The van der Waals surface area contributed by atoms with E-state index in [0.717, 1.165) is 19.6 Å². The highest BCUT2D eigenvalue weighted by molar-refractivity contribution is 5.94. The highest BCUT2D eigenvalue weighted by Crippen LogP contribution is 2.09. The Bertz CT molecular complexity index is 400. The minimum Gasteiger partial charge on any atom is -0.399 e. The van der Waals surface area contributed by atoms with Crippen LogP contribution in [0.5, 0.6) is 0 Å². The summed E-state index contributed by atoms with van der Waals surface area (Å²) >= 11 is 0. The van der Waals surface area contributed by atoms with Crippen molar-refractivity contribution in [2.45, 2.75) is 25.7 Å². The molecule has 1 fully saturated rings. The Morgan fingerprint density at radius 3 is 2.30 bits per heavy atom. The van der Waals surface area contributed by atoms with E-state index in [4.69, 9.17) is 5.73 Å². The first-order chi connectivity index (χ1) is 9.25. The van der Waals surface area contributed by atoms with Gasteiger partial charge >= 0.3 is 0 Å². The number of anilines is 1. The van der Waals surface area contributed by atoms with Crippen molar-refractivity contribution in [3.05, 3.63) is 29.8 Å². The Kier molecular flexibility index (Phi) is 7.41. The SMILES string of the molecule is Cl.Nc1ccc(C(=O)NCCN2CCCCCC2)cc1. The number of nitrogen functional groups attached to an aromatic ring is 1. The third-order valence-electron chi connectivity index (χ3n) is 3.59. The smallest absolute Gasteiger partial charge is 0.251 e. The topological polar surface area (TPSA) is 58.4 Å². The number of halogens is 1. The summed E-state index contributed by atoms with van der Waals surface area (Å²) in [5, 5.41) is 2.96. The maximum absolute atomic E-state index is 11.9. The van der Waals surface area contributed by atoms with Gasteiger partial charge in [-0.25, -0.2) is 0 Å². The number of hydrogen-bond donors (Lipinski definition) is 2. The zero-order valence-corrected chi connectivity index (χ0v) is 12.6. The van der Waals surface area contributed by atoms with Gasteiger partial charge < -0.3 is 16.0 Å². The van der Waals surface area contributed by atoms with Gasteiger partial charge in [0.15, 0.2) is 0 Å². The summed E-state index contributed by atoms with van der Waals surface area (Å²) in [7, 11) is 0. The molecular weight excluding hydrogens is 274 g/mol. The molecule has 0 bridgehead atoms. The number of nitrogens with zero attached hydrogens (tertiary/aromatic N) is 1. The number of nitrogens with one attached hydrogen (secondary N) is 1. The maximum atomic E-state index is 11.9. The Morgan fingerprint density at radius 2 is 1.70 bits per heavy atom. The van der Waals surface area contributed by atoms with Gasteiger partial charge in [-0.1, -0.05) is 12.8 Å². The number of likely N-dealkylation sites (tertiary alicyclic amines) is 1. The van der Waals surface area contributed by atoms with E-state index in [1.807, 2.05) is 0 Å². The lowest BCUT2D eigenvalue weighted by atomic mass is 10.2. The minimum absolute atomic E-state index is 0. The number of benzene rings is 1. The van der Waals surface area contributed by atoms with Crippen molar-refractivity contribution in [1.82, 2.24) is 10.2 Å². The van der Waals surface area contributed by atoms with Crippen molar-refractivity contribution < 1.29 is 4.79 Å². The van der Waals surface area contributed by atoms with Crippen molar-refractivity contribution >= 4 is 24.0 Å². The van der Waals surface area contributed by atoms with E-state index in [1.165, 1.54) is 25.7 Å². The predicted octanol–water partition coefficient (Wildman–Crippen LogP) is 2.30. The first-order valence-corrected chi connectivity index (χ1v) is 7.12. The molecule has 20 heavy (non-hydrogen) atoms. The average Bonchev–Trinajstić information content (AvgIpc) is 2.68.